The van der Waals surface area contributed by atoms with E-state index in [-0.39, 0.29) is 0 Å². The normalized spacial score (nSPS) is 10.2. The topological polar surface area (TPSA) is 67.1 Å². The Balaban J connectivity index is 2.08. The number of halogens is 3. The van der Waals surface area contributed by atoms with Crippen molar-refractivity contribution in [3.63, 3.8) is 0 Å². The first-order valence-corrected chi connectivity index (χ1v) is 6.67. The number of nitrogens with one attached hydrogen (secondary N) is 2. The molecule has 0 aliphatic heterocycles. The Morgan fingerprint density at radius 1 is 0.900 bits per heavy atom. The summed E-state index contributed by atoms with van der Waals surface area (Å²) in [6.07, 6.45) is 0. The van der Waals surface area contributed by atoms with Crippen LogP contribution in [-0.4, -0.2) is 6.03 Å². The van der Waals surface area contributed by atoms with Crippen LogP contribution in [0.2, 0.25) is 15.1 Å². The van der Waals surface area contributed by atoms with Gasteiger partial charge >= 0.3 is 6.03 Å². The lowest BCUT2D eigenvalue weighted by atomic mass is 10.3. The van der Waals surface area contributed by atoms with E-state index in [9.17, 15) is 4.79 Å². The van der Waals surface area contributed by atoms with Gasteiger partial charge in [-0.15, -0.1) is 0 Å². The zero-order valence-corrected chi connectivity index (χ0v) is 12.4. The fourth-order valence-electron chi connectivity index (χ4n) is 1.47. The molecule has 0 saturated heterocycles. The molecule has 0 aliphatic rings. The highest BCUT2D eigenvalue weighted by Crippen LogP contribution is 2.32. The second-order valence-corrected chi connectivity index (χ2v) is 5.17. The van der Waals surface area contributed by atoms with Crippen molar-refractivity contribution >= 4 is 57.9 Å². The molecule has 0 unspecified atom stereocenters. The number of anilines is 3. The summed E-state index contributed by atoms with van der Waals surface area (Å²) in [5.74, 6) is 0. The molecule has 2 amide bonds. The number of nitrogen functional groups attached to an aromatic ring is 1. The average Bonchev–Trinajstić information content (AvgIpc) is 2.39. The summed E-state index contributed by atoms with van der Waals surface area (Å²) in [6.45, 7) is 0. The highest BCUT2D eigenvalue weighted by atomic mass is 35.5. The molecular weight excluding hydrogens is 321 g/mol. The predicted molar refractivity (Wildman–Crippen MR) is 85.0 cm³/mol. The number of benzene rings is 2. The second kappa shape index (κ2) is 6.22. The number of rotatable bonds is 2. The molecule has 104 valence electrons. The standard InChI is InChI=1S/C13H10Cl3N3O/c14-9-5-11(16)12(6-10(9)15)19-13(20)18-8-3-1-7(17)2-4-8/h1-6H,17H2,(H2,18,19,20). The Morgan fingerprint density at radius 2 is 1.50 bits per heavy atom. The van der Waals surface area contributed by atoms with Gasteiger partial charge in [0.15, 0.2) is 0 Å². The van der Waals surface area contributed by atoms with Gasteiger partial charge in [0.2, 0.25) is 0 Å². The highest BCUT2D eigenvalue weighted by Gasteiger charge is 2.09. The van der Waals surface area contributed by atoms with Gasteiger partial charge in [-0.1, -0.05) is 34.8 Å². The predicted octanol–water partition coefficient (Wildman–Crippen LogP) is 4.87. The van der Waals surface area contributed by atoms with Crippen molar-refractivity contribution in [2.75, 3.05) is 16.4 Å². The minimum absolute atomic E-state index is 0.298. The minimum Gasteiger partial charge on any atom is -0.399 e. The summed E-state index contributed by atoms with van der Waals surface area (Å²) in [4.78, 5) is 11.8. The minimum atomic E-state index is -0.449. The van der Waals surface area contributed by atoms with Crippen molar-refractivity contribution in [3.05, 3.63) is 51.5 Å². The summed E-state index contributed by atoms with van der Waals surface area (Å²) in [7, 11) is 0. The van der Waals surface area contributed by atoms with Crippen molar-refractivity contribution in [2.24, 2.45) is 0 Å². The van der Waals surface area contributed by atoms with Crippen LogP contribution < -0.4 is 16.4 Å². The molecule has 0 fully saturated rings. The first-order chi connectivity index (χ1) is 9.45. The van der Waals surface area contributed by atoms with Crippen LogP contribution >= 0.6 is 34.8 Å². The molecule has 2 rings (SSSR count). The molecule has 0 aliphatic carbocycles. The van der Waals surface area contributed by atoms with Crippen molar-refractivity contribution in [1.29, 1.82) is 0 Å². The lowest BCUT2D eigenvalue weighted by molar-refractivity contribution is 0.262. The largest absolute Gasteiger partial charge is 0.399 e. The van der Waals surface area contributed by atoms with Crippen LogP contribution in [0.4, 0.5) is 21.9 Å². The first-order valence-electron chi connectivity index (χ1n) is 5.54. The van der Waals surface area contributed by atoms with Gasteiger partial charge in [0.25, 0.3) is 0 Å². The summed E-state index contributed by atoms with van der Waals surface area (Å²) >= 11 is 17.6. The number of carbonyl (C=O) groups is 1. The van der Waals surface area contributed by atoms with Gasteiger partial charge in [0.1, 0.15) is 0 Å². The summed E-state index contributed by atoms with van der Waals surface area (Å²) in [5.41, 5.74) is 7.15. The Labute approximate surface area is 130 Å². The lowest BCUT2D eigenvalue weighted by Gasteiger charge is -2.10. The maximum atomic E-state index is 11.8. The number of hydrogen-bond acceptors (Lipinski definition) is 2. The molecule has 0 atom stereocenters. The van der Waals surface area contributed by atoms with E-state index in [0.717, 1.165) is 0 Å². The van der Waals surface area contributed by atoms with Crippen LogP contribution in [0.25, 0.3) is 0 Å². The van der Waals surface area contributed by atoms with Crippen LogP contribution in [0.5, 0.6) is 0 Å². The zero-order valence-electron chi connectivity index (χ0n) is 10.1. The van der Waals surface area contributed by atoms with Gasteiger partial charge in [-0.3, -0.25) is 0 Å². The van der Waals surface area contributed by atoms with Gasteiger partial charge in [-0.25, -0.2) is 4.79 Å². The average molecular weight is 331 g/mol. The van der Waals surface area contributed by atoms with Crippen LogP contribution in [0.3, 0.4) is 0 Å². The van der Waals surface area contributed by atoms with E-state index < -0.39 is 6.03 Å². The quantitative estimate of drug-likeness (QED) is 0.543. The molecule has 2 aromatic rings. The first kappa shape index (κ1) is 14.8. The van der Waals surface area contributed by atoms with Crippen molar-refractivity contribution in [3.8, 4) is 0 Å². The van der Waals surface area contributed by atoms with Gasteiger partial charge in [-0.2, -0.15) is 0 Å². The van der Waals surface area contributed by atoms with E-state index in [4.69, 9.17) is 40.5 Å². The molecule has 20 heavy (non-hydrogen) atoms. The Bertz CT molecular complexity index is 644. The Morgan fingerprint density at radius 3 is 2.15 bits per heavy atom. The summed E-state index contributed by atoms with van der Waals surface area (Å²) < 4.78 is 0. The monoisotopic (exact) mass is 329 g/mol. The Kier molecular flexibility index (Phi) is 4.60. The maximum absolute atomic E-state index is 11.8. The van der Waals surface area contributed by atoms with Crippen molar-refractivity contribution in [1.82, 2.24) is 0 Å². The molecule has 0 saturated carbocycles. The number of amides is 2. The molecule has 2 aromatic carbocycles. The van der Waals surface area contributed by atoms with E-state index in [1.165, 1.54) is 12.1 Å². The molecule has 4 nitrogen and oxygen atoms in total. The van der Waals surface area contributed by atoms with E-state index in [0.29, 0.717) is 32.1 Å². The van der Waals surface area contributed by atoms with Crippen LogP contribution in [0.15, 0.2) is 36.4 Å². The maximum Gasteiger partial charge on any atom is 0.323 e. The molecule has 0 bridgehead atoms. The van der Waals surface area contributed by atoms with Crippen LogP contribution in [0, 0.1) is 0 Å². The smallest absolute Gasteiger partial charge is 0.323 e. The van der Waals surface area contributed by atoms with Gasteiger partial charge in [0, 0.05) is 11.4 Å². The number of hydrogen-bond donors (Lipinski definition) is 3. The van der Waals surface area contributed by atoms with E-state index >= 15 is 0 Å². The van der Waals surface area contributed by atoms with Gasteiger partial charge in [-0.05, 0) is 36.4 Å². The number of urea groups is 1. The fourth-order valence-corrected chi connectivity index (χ4v) is 2.06. The van der Waals surface area contributed by atoms with Crippen LogP contribution in [0.1, 0.15) is 0 Å². The summed E-state index contributed by atoms with van der Waals surface area (Å²) in [6, 6.07) is 9.23. The van der Waals surface area contributed by atoms with Gasteiger partial charge in [0.05, 0.1) is 20.8 Å². The molecule has 4 N–H and O–H groups in total. The van der Waals surface area contributed by atoms with Crippen molar-refractivity contribution in [2.45, 2.75) is 0 Å². The third-order valence-corrected chi connectivity index (χ3v) is 3.46. The molecule has 7 heteroatoms. The Hall–Kier alpha value is -1.62. The third-order valence-electron chi connectivity index (χ3n) is 2.43. The SMILES string of the molecule is Nc1ccc(NC(=O)Nc2cc(Cl)c(Cl)cc2Cl)cc1. The van der Waals surface area contributed by atoms with Crippen molar-refractivity contribution < 1.29 is 4.79 Å². The lowest BCUT2D eigenvalue weighted by Crippen LogP contribution is -2.19. The third kappa shape index (κ3) is 3.70. The van der Waals surface area contributed by atoms with E-state index in [1.54, 1.807) is 24.3 Å². The van der Waals surface area contributed by atoms with Crippen LogP contribution in [-0.2, 0) is 0 Å². The van der Waals surface area contributed by atoms with E-state index in [1.807, 2.05) is 0 Å². The van der Waals surface area contributed by atoms with Gasteiger partial charge < -0.3 is 16.4 Å². The molecular formula is C13H10Cl3N3O. The molecule has 0 heterocycles. The molecule has 0 spiro atoms. The second-order valence-electron chi connectivity index (χ2n) is 3.95. The molecule has 0 radical (unpaired) electrons. The molecule has 0 aromatic heterocycles. The fraction of sp³-hybridized carbons (Fsp3) is 0. The zero-order chi connectivity index (χ0) is 14.7. The summed E-state index contributed by atoms with van der Waals surface area (Å²) in [5, 5.41) is 6.15. The number of carbonyl (C=O) groups excluding carboxylic acids is 1. The van der Waals surface area contributed by atoms with E-state index in [2.05, 4.69) is 10.6 Å². The highest BCUT2D eigenvalue weighted by molar-refractivity contribution is 6.44. The number of nitrogens with two attached hydrogens (primary N) is 1.